The van der Waals surface area contributed by atoms with E-state index in [9.17, 15) is 9.90 Å². The van der Waals surface area contributed by atoms with Crippen LogP contribution in [0.1, 0.15) is 19.5 Å². The number of nitrogens with one attached hydrogen (secondary N) is 1. The Morgan fingerprint density at radius 2 is 2.05 bits per heavy atom. The molecule has 1 aromatic heterocycles. The molecule has 0 aliphatic carbocycles. The van der Waals surface area contributed by atoms with Crippen LogP contribution in [0, 0.1) is 0 Å². The van der Waals surface area contributed by atoms with Gasteiger partial charge in [0.1, 0.15) is 0 Å². The Balaban J connectivity index is 2.34. The molecule has 2 N–H and O–H groups in total. The summed E-state index contributed by atoms with van der Waals surface area (Å²) in [6, 6.07) is 8.17. The van der Waals surface area contributed by atoms with Gasteiger partial charge in [-0.15, -0.1) is 11.8 Å². The number of thioether (sulfide) groups is 1. The van der Waals surface area contributed by atoms with Crippen molar-refractivity contribution in [1.29, 1.82) is 0 Å². The number of aryl methyl sites for hydroxylation is 1. The molecule has 0 spiro atoms. The maximum atomic E-state index is 12.2. The van der Waals surface area contributed by atoms with Crippen LogP contribution in [-0.2, 0) is 18.3 Å². The lowest BCUT2D eigenvalue weighted by molar-refractivity contribution is -0.122. The number of carbonyl (C=O) groups excluding carboxylic acids is 1. The predicted molar refractivity (Wildman–Crippen MR) is 87.7 cm³/mol. The second-order valence-electron chi connectivity index (χ2n) is 5.82. The third-order valence-electron chi connectivity index (χ3n) is 3.58. The van der Waals surface area contributed by atoms with Crippen LogP contribution < -0.4 is 5.32 Å². The van der Waals surface area contributed by atoms with Crippen molar-refractivity contribution >= 4 is 28.6 Å². The summed E-state index contributed by atoms with van der Waals surface area (Å²) in [5, 5.41) is 13.3. The number of benzene rings is 1. The first-order valence-electron chi connectivity index (χ1n) is 6.92. The molecule has 0 aliphatic rings. The van der Waals surface area contributed by atoms with Gasteiger partial charge in [0, 0.05) is 28.5 Å². The Morgan fingerprint density at radius 1 is 1.38 bits per heavy atom. The first-order valence-corrected chi connectivity index (χ1v) is 8.14. The molecular weight excluding hydrogens is 284 g/mol. The minimum absolute atomic E-state index is 0.0738. The fraction of sp³-hybridized carbons (Fsp3) is 0.438. The molecule has 1 heterocycles. The van der Waals surface area contributed by atoms with Crippen molar-refractivity contribution in [3.05, 3.63) is 30.0 Å². The van der Waals surface area contributed by atoms with E-state index in [1.54, 1.807) is 11.8 Å². The van der Waals surface area contributed by atoms with Crippen molar-refractivity contribution in [2.24, 2.45) is 7.05 Å². The molecule has 0 atom stereocenters. The van der Waals surface area contributed by atoms with E-state index in [0.717, 1.165) is 16.1 Å². The third kappa shape index (κ3) is 3.24. The number of nitrogens with zero attached hydrogens (tertiary/aromatic N) is 1. The largest absolute Gasteiger partial charge is 0.394 e. The highest BCUT2D eigenvalue weighted by molar-refractivity contribution is 7.98. The molecular formula is C16H22N2O2S. The molecule has 2 aromatic rings. The lowest BCUT2D eigenvalue weighted by Gasteiger charge is -2.23. The number of hydrogen-bond acceptors (Lipinski definition) is 3. The molecule has 5 heteroatoms. The van der Waals surface area contributed by atoms with E-state index in [4.69, 9.17) is 0 Å². The van der Waals surface area contributed by atoms with Gasteiger partial charge in [-0.1, -0.05) is 18.2 Å². The van der Waals surface area contributed by atoms with E-state index >= 15 is 0 Å². The Labute approximate surface area is 129 Å². The zero-order valence-corrected chi connectivity index (χ0v) is 13.8. The van der Waals surface area contributed by atoms with E-state index in [1.165, 1.54) is 5.39 Å². The van der Waals surface area contributed by atoms with Crippen LogP contribution in [0.5, 0.6) is 0 Å². The number of amides is 1. The van der Waals surface area contributed by atoms with Gasteiger partial charge in [0.25, 0.3) is 0 Å². The quantitative estimate of drug-likeness (QED) is 0.834. The van der Waals surface area contributed by atoms with Crippen molar-refractivity contribution in [1.82, 2.24) is 9.88 Å². The molecule has 1 amide bonds. The van der Waals surface area contributed by atoms with Crippen LogP contribution in [0.4, 0.5) is 0 Å². The maximum Gasteiger partial charge on any atom is 0.226 e. The van der Waals surface area contributed by atoms with Crippen LogP contribution in [0.15, 0.2) is 29.2 Å². The summed E-state index contributed by atoms with van der Waals surface area (Å²) >= 11 is 1.66. The molecule has 0 bridgehead atoms. The highest BCUT2D eigenvalue weighted by atomic mass is 32.2. The third-order valence-corrected chi connectivity index (χ3v) is 4.45. The van der Waals surface area contributed by atoms with Gasteiger partial charge in [0.05, 0.1) is 18.6 Å². The summed E-state index contributed by atoms with van der Waals surface area (Å²) in [6.07, 6.45) is 2.34. The van der Waals surface area contributed by atoms with Crippen LogP contribution in [-0.4, -0.2) is 34.0 Å². The minimum atomic E-state index is -0.596. The van der Waals surface area contributed by atoms with Crippen LogP contribution in [0.3, 0.4) is 0 Å². The Morgan fingerprint density at radius 3 is 2.67 bits per heavy atom. The van der Waals surface area contributed by atoms with E-state index in [2.05, 4.69) is 22.0 Å². The molecule has 0 aliphatic heterocycles. The first-order chi connectivity index (χ1) is 9.89. The van der Waals surface area contributed by atoms with Gasteiger partial charge in [0.15, 0.2) is 0 Å². The number of aliphatic hydroxyl groups excluding tert-OH is 1. The lowest BCUT2D eigenvalue weighted by atomic mass is 10.1. The highest BCUT2D eigenvalue weighted by Crippen LogP contribution is 2.32. The maximum absolute atomic E-state index is 12.2. The molecule has 21 heavy (non-hydrogen) atoms. The summed E-state index contributed by atoms with van der Waals surface area (Å²) in [7, 11) is 1.99. The van der Waals surface area contributed by atoms with Gasteiger partial charge < -0.3 is 15.0 Å². The molecule has 114 valence electrons. The van der Waals surface area contributed by atoms with Gasteiger partial charge in [0.2, 0.25) is 5.91 Å². The highest BCUT2D eigenvalue weighted by Gasteiger charge is 2.22. The zero-order chi connectivity index (χ0) is 15.6. The molecule has 2 rings (SSSR count). The summed E-state index contributed by atoms with van der Waals surface area (Å²) in [5.41, 5.74) is 1.54. The summed E-state index contributed by atoms with van der Waals surface area (Å²) in [4.78, 5) is 13.4. The zero-order valence-electron chi connectivity index (χ0n) is 12.9. The topological polar surface area (TPSA) is 54.3 Å². The number of hydrogen-bond donors (Lipinski definition) is 2. The molecule has 1 aromatic carbocycles. The van der Waals surface area contributed by atoms with Crippen LogP contribution >= 0.6 is 11.8 Å². The SMILES string of the molecule is CSc1c(CC(=O)NC(C)(C)CO)n(C)c2ccccc12. The van der Waals surface area contributed by atoms with Crippen molar-refractivity contribution in [3.8, 4) is 0 Å². The van der Waals surface area contributed by atoms with Crippen molar-refractivity contribution in [2.45, 2.75) is 30.7 Å². The Hall–Kier alpha value is -1.46. The van der Waals surface area contributed by atoms with E-state index in [0.29, 0.717) is 6.42 Å². The number of carbonyl (C=O) groups is 1. The van der Waals surface area contributed by atoms with Crippen LogP contribution in [0.2, 0.25) is 0 Å². The van der Waals surface area contributed by atoms with E-state index in [-0.39, 0.29) is 12.5 Å². The molecule has 0 radical (unpaired) electrons. The van der Waals surface area contributed by atoms with E-state index < -0.39 is 5.54 Å². The van der Waals surface area contributed by atoms with E-state index in [1.807, 2.05) is 39.3 Å². The fourth-order valence-electron chi connectivity index (χ4n) is 2.45. The summed E-state index contributed by atoms with van der Waals surface area (Å²) in [5.74, 6) is -0.0738. The Kier molecular flexibility index (Phi) is 4.64. The normalized spacial score (nSPS) is 11.9. The molecule has 0 saturated heterocycles. The van der Waals surface area contributed by atoms with Gasteiger partial charge in [-0.3, -0.25) is 4.79 Å². The minimum Gasteiger partial charge on any atom is -0.394 e. The monoisotopic (exact) mass is 306 g/mol. The standard InChI is InChI=1S/C16H22N2O2S/c1-16(2,10-19)17-14(20)9-13-15(21-4)11-7-5-6-8-12(11)18(13)3/h5-8,19H,9-10H2,1-4H3,(H,17,20). The van der Waals surface area contributed by atoms with Gasteiger partial charge >= 0.3 is 0 Å². The number of para-hydroxylation sites is 1. The first kappa shape index (κ1) is 15.9. The number of aromatic nitrogens is 1. The molecule has 4 nitrogen and oxygen atoms in total. The van der Waals surface area contributed by atoms with Gasteiger partial charge in [-0.25, -0.2) is 0 Å². The van der Waals surface area contributed by atoms with Gasteiger partial charge in [-0.2, -0.15) is 0 Å². The van der Waals surface area contributed by atoms with Crippen molar-refractivity contribution in [3.63, 3.8) is 0 Å². The van der Waals surface area contributed by atoms with Crippen LogP contribution in [0.25, 0.3) is 10.9 Å². The number of fused-ring (bicyclic) bond motifs is 1. The number of aliphatic hydroxyl groups is 1. The Bertz CT molecular complexity index is 662. The van der Waals surface area contributed by atoms with Crippen molar-refractivity contribution in [2.75, 3.05) is 12.9 Å². The van der Waals surface area contributed by atoms with Crippen molar-refractivity contribution < 1.29 is 9.90 Å². The second kappa shape index (κ2) is 6.12. The molecule has 0 unspecified atom stereocenters. The molecule has 0 fully saturated rings. The predicted octanol–water partition coefficient (Wildman–Crippen LogP) is 2.33. The second-order valence-corrected chi connectivity index (χ2v) is 6.64. The lowest BCUT2D eigenvalue weighted by Crippen LogP contribution is -2.47. The van der Waals surface area contributed by atoms with Gasteiger partial charge in [-0.05, 0) is 26.2 Å². The summed E-state index contributed by atoms with van der Waals surface area (Å²) < 4.78 is 2.08. The summed E-state index contributed by atoms with van der Waals surface area (Å²) in [6.45, 7) is 3.53. The molecule has 0 saturated carbocycles. The average molecular weight is 306 g/mol. The smallest absolute Gasteiger partial charge is 0.226 e. The average Bonchev–Trinajstić information content (AvgIpc) is 2.71. The fourth-order valence-corrected chi connectivity index (χ4v) is 3.29. The number of rotatable bonds is 5.